The maximum atomic E-state index is 11.7. The summed E-state index contributed by atoms with van der Waals surface area (Å²) in [6.45, 7) is 1.12. The second-order valence-electron chi connectivity index (χ2n) is 3.89. The van der Waals surface area contributed by atoms with Gasteiger partial charge in [0.05, 0.1) is 6.20 Å². The molecule has 0 atom stereocenters. The molecule has 17 heavy (non-hydrogen) atoms. The highest BCUT2D eigenvalue weighted by Gasteiger charge is 2.15. The summed E-state index contributed by atoms with van der Waals surface area (Å²) in [6, 6.07) is 0. The van der Waals surface area contributed by atoms with Crippen LogP contribution in [0.2, 0.25) is 0 Å². The minimum absolute atomic E-state index is 0.0382. The van der Waals surface area contributed by atoms with E-state index in [1.165, 1.54) is 17.9 Å². The van der Waals surface area contributed by atoms with E-state index in [9.17, 15) is 15.2 Å². The molecule has 1 amide bonds. The zero-order chi connectivity index (χ0) is 13.0. The van der Waals surface area contributed by atoms with Crippen LogP contribution in [0.3, 0.4) is 0 Å². The topological polar surface area (TPSA) is 102 Å². The van der Waals surface area contributed by atoms with Crippen LogP contribution in [-0.2, 0) is 7.05 Å². The van der Waals surface area contributed by atoms with Gasteiger partial charge in [0.15, 0.2) is 5.56 Å². The van der Waals surface area contributed by atoms with Crippen molar-refractivity contribution in [2.24, 2.45) is 7.05 Å². The van der Waals surface area contributed by atoms with Gasteiger partial charge in [-0.15, -0.1) is 0 Å². The van der Waals surface area contributed by atoms with Crippen LogP contribution in [0.4, 0.5) is 0 Å². The number of aromatic amines is 1. The van der Waals surface area contributed by atoms with Crippen LogP contribution >= 0.6 is 0 Å². The smallest absolute Gasteiger partial charge is 0.315 e. The predicted octanol–water partition coefficient (Wildman–Crippen LogP) is -1.59. The first kappa shape index (κ1) is 13.1. The Bertz CT molecular complexity index is 455. The third-order valence-corrected chi connectivity index (χ3v) is 2.22. The van der Waals surface area contributed by atoms with Gasteiger partial charge in [-0.3, -0.25) is 9.70 Å². The van der Waals surface area contributed by atoms with Gasteiger partial charge in [-0.2, -0.15) is 4.68 Å². The van der Waals surface area contributed by atoms with Gasteiger partial charge < -0.3 is 20.6 Å². The van der Waals surface area contributed by atoms with Gasteiger partial charge in [0.25, 0.3) is 5.91 Å². The lowest BCUT2D eigenvalue weighted by Crippen LogP contribution is -2.37. The first-order chi connectivity index (χ1) is 7.93. The van der Waals surface area contributed by atoms with Gasteiger partial charge >= 0.3 is 5.49 Å². The Morgan fingerprint density at radius 2 is 2.24 bits per heavy atom. The summed E-state index contributed by atoms with van der Waals surface area (Å²) >= 11 is 0. The van der Waals surface area contributed by atoms with Crippen molar-refractivity contribution in [1.29, 1.82) is 0 Å². The zero-order valence-corrected chi connectivity index (χ0v) is 10.1. The maximum absolute atomic E-state index is 11.7. The lowest BCUT2D eigenvalue weighted by molar-refractivity contribution is 0.0949. The number of nitrogens with one attached hydrogen (secondary N) is 2. The number of aromatic nitrogens is 2. The Balaban J connectivity index is 2.81. The van der Waals surface area contributed by atoms with Gasteiger partial charge in [-0.1, -0.05) is 0 Å². The van der Waals surface area contributed by atoms with E-state index in [4.69, 9.17) is 0 Å². The molecule has 8 nitrogen and oxygen atoms in total. The molecule has 0 aliphatic carbocycles. The average Bonchev–Trinajstić information content (AvgIpc) is 2.59. The first-order valence-corrected chi connectivity index (χ1v) is 5.08. The number of hydrogen-bond acceptors (Lipinski definition) is 4. The number of rotatable bonds is 4. The molecule has 0 aromatic carbocycles. The summed E-state index contributed by atoms with van der Waals surface area (Å²) in [5, 5.41) is 26.8. The number of nitrogens with zero attached hydrogens (tertiary/aromatic N) is 3. The highest BCUT2D eigenvalue weighted by Crippen LogP contribution is 1.88. The highest BCUT2D eigenvalue weighted by molar-refractivity contribution is 5.93. The Morgan fingerprint density at radius 3 is 2.76 bits per heavy atom. The number of aryl methyl sites for hydroxylation is 1. The van der Waals surface area contributed by atoms with E-state index in [-0.39, 0.29) is 11.1 Å². The normalized spacial score (nSPS) is 10.6. The van der Waals surface area contributed by atoms with Crippen LogP contribution in [0.15, 0.2) is 6.20 Å². The molecule has 0 fully saturated rings. The Labute approximate surface area is 98.3 Å². The minimum Gasteiger partial charge on any atom is -0.712 e. The second kappa shape index (κ2) is 5.39. The van der Waals surface area contributed by atoms with Crippen molar-refractivity contribution in [2.75, 3.05) is 27.2 Å². The first-order valence-electron chi connectivity index (χ1n) is 5.08. The van der Waals surface area contributed by atoms with Crippen molar-refractivity contribution in [3.8, 4) is 0 Å². The molecule has 0 unspecified atom stereocenters. The molecular formula is C9H16N5O3-. The molecule has 0 spiro atoms. The number of H-pyrrole nitrogens is 1. The molecule has 96 valence electrons. The molecule has 0 radical (unpaired) electrons. The van der Waals surface area contributed by atoms with Crippen molar-refractivity contribution in [2.45, 2.75) is 0 Å². The number of carbonyl (C=O) groups excluding carboxylic acids is 1. The van der Waals surface area contributed by atoms with Crippen LogP contribution < -0.4 is 15.7 Å². The van der Waals surface area contributed by atoms with Gasteiger partial charge in [-0.05, 0) is 14.1 Å². The molecular weight excluding hydrogens is 226 g/mol. The van der Waals surface area contributed by atoms with Crippen molar-refractivity contribution in [3.63, 3.8) is 0 Å². The van der Waals surface area contributed by atoms with Crippen molar-refractivity contribution < 1.29 is 4.79 Å². The fraction of sp³-hybridized carbons (Fsp3) is 0.556. The van der Waals surface area contributed by atoms with Crippen molar-refractivity contribution >= 4 is 5.91 Å². The standard InChI is InChI=1S/C9H16N5O3/c1-12(2)5-4-10-8(15)7-6-11-13(3)9(7)14(16)17/h6H,4-5H2,1-3H3,(H2-,10,11,15,16,17)/q-1. The largest absolute Gasteiger partial charge is 0.712 e. The number of carbonyl (C=O) groups is 1. The third kappa shape index (κ3) is 3.25. The monoisotopic (exact) mass is 242 g/mol. The average molecular weight is 242 g/mol. The number of hydrogen-bond donors (Lipinski definition) is 2. The van der Waals surface area contributed by atoms with Crippen LogP contribution in [0.5, 0.6) is 0 Å². The molecule has 0 saturated carbocycles. The third-order valence-electron chi connectivity index (χ3n) is 2.22. The van der Waals surface area contributed by atoms with E-state index in [2.05, 4.69) is 10.4 Å². The Morgan fingerprint density at radius 1 is 1.59 bits per heavy atom. The van der Waals surface area contributed by atoms with Gasteiger partial charge in [0, 0.05) is 13.1 Å². The van der Waals surface area contributed by atoms with Crippen LogP contribution in [0, 0.1) is 10.4 Å². The molecule has 0 aliphatic rings. The predicted molar refractivity (Wildman–Crippen MR) is 62.7 cm³/mol. The molecule has 1 aromatic heterocycles. The molecule has 1 aromatic rings. The van der Waals surface area contributed by atoms with E-state index in [0.717, 1.165) is 0 Å². The Kier molecular flexibility index (Phi) is 4.16. The summed E-state index contributed by atoms with van der Waals surface area (Å²) in [7, 11) is 5.24. The molecule has 2 N–H and O–H groups in total. The van der Waals surface area contributed by atoms with Crippen molar-refractivity contribution in [3.05, 3.63) is 27.7 Å². The molecule has 0 bridgehead atoms. The summed E-state index contributed by atoms with van der Waals surface area (Å²) in [5.74, 6) is -0.449. The van der Waals surface area contributed by atoms with Gasteiger partial charge in [-0.25, -0.2) is 5.10 Å². The van der Waals surface area contributed by atoms with E-state index in [0.29, 0.717) is 13.1 Å². The summed E-state index contributed by atoms with van der Waals surface area (Å²) in [4.78, 5) is 13.0. The highest BCUT2D eigenvalue weighted by atomic mass is 16.8. The number of likely N-dealkylation sites (N-methyl/N-ethyl adjacent to an activating group) is 1. The fourth-order valence-electron chi connectivity index (χ4n) is 1.34. The number of amides is 1. The van der Waals surface area contributed by atoms with E-state index >= 15 is 0 Å². The van der Waals surface area contributed by atoms with E-state index < -0.39 is 10.8 Å². The molecule has 0 saturated heterocycles. The lowest BCUT2D eigenvalue weighted by atomic mass is 10.3. The van der Waals surface area contributed by atoms with Gasteiger partial charge in [0.2, 0.25) is 0 Å². The summed E-state index contributed by atoms with van der Waals surface area (Å²) in [5.41, 5.74) is -0.205. The molecule has 8 heteroatoms. The zero-order valence-electron chi connectivity index (χ0n) is 10.1. The molecule has 1 heterocycles. The summed E-state index contributed by atoms with van der Waals surface area (Å²) < 4.78 is 1.20. The molecule has 0 aliphatic heterocycles. The van der Waals surface area contributed by atoms with Crippen molar-refractivity contribution in [1.82, 2.24) is 24.9 Å². The van der Waals surface area contributed by atoms with Crippen LogP contribution in [0.25, 0.3) is 0 Å². The maximum Gasteiger partial charge on any atom is 0.315 e. The Hall–Kier alpha value is -1.96. The second-order valence-corrected chi connectivity index (χ2v) is 3.89. The van der Waals surface area contributed by atoms with Crippen LogP contribution in [0.1, 0.15) is 10.4 Å². The SMILES string of the molecule is CN(C)CCNC(=O)c1c[nH]n(C)c1=[N+]([O-])[O-]. The van der Waals surface area contributed by atoms with Gasteiger partial charge in [0.1, 0.15) is 7.05 Å². The fourth-order valence-corrected chi connectivity index (χ4v) is 1.34. The summed E-state index contributed by atoms with van der Waals surface area (Å²) in [6.07, 6.45) is 1.32. The van der Waals surface area contributed by atoms with E-state index in [1.807, 2.05) is 19.0 Å². The van der Waals surface area contributed by atoms with Crippen LogP contribution in [-0.4, -0.2) is 47.8 Å². The minimum atomic E-state index is -0.586. The quantitative estimate of drug-likeness (QED) is 0.621. The lowest BCUT2D eigenvalue weighted by Gasteiger charge is -2.11. The van der Waals surface area contributed by atoms with E-state index in [1.54, 1.807) is 0 Å². The molecule has 1 rings (SSSR count).